The summed E-state index contributed by atoms with van der Waals surface area (Å²) in [4.78, 5) is 39.6. The maximum absolute atomic E-state index is 13.4. The Hall–Kier alpha value is -1.25. The average Bonchev–Trinajstić information content (AvgIpc) is 3.22. The van der Waals surface area contributed by atoms with Crippen molar-refractivity contribution in [1.29, 1.82) is 0 Å². The first-order valence-electron chi connectivity index (χ1n) is 26.5. The number of allylic oxidation sites excluding steroid dienone is 1. The van der Waals surface area contributed by atoms with E-state index in [1.807, 2.05) is 33.3 Å². The third kappa shape index (κ3) is 44.0. The molecule has 0 aliphatic heterocycles. The first-order valence-corrected chi connectivity index (χ1v) is 28.0. The van der Waals surface area contributed by atoms with Crippen LogP contribution in [-0.4, -0.2) is 69.4 Å². The van der Waals surface area contributed by atoms with E-state index in [1.54, 1.807) is 0 Å². The van der Waals surface area contributed by atoms with Crippen LogP contribution in [-0.2, 0) is 27.9 Å². The third-order valence-electron chi connectivity index (χ3n) is 12.0. The maximum Gasteiger partial charge on any atom is 0.306 e. The van der Waals surface area contributed by atoms with Crippen molar-refractivity contribution in [2.45, 2.75) is 270 Å². The average molecular weight is 899 g/mol. The Balaban J connectivity index is 5.40. The van der Waals surface area contributed by atoms with Crippen LogP contribution in [0.1, 0.15) is 258 Å². The minimum absolute atomic E-state index is 0.0174. The topological polar surface area (TPSA) is 114 Å². The summed E-state index contributed by atoms with van der Waals surface area (Å²) >= 11 is 0. The number of nitrogens with zero attached hydrogens (tertiary/aromatic N) is 1. The lowest BCUT2D eigenvalue weighted by Crippen LogP contribution is -2.47. The van der Waals surface area contributed by atoms with Gasteiger partial charge in [0.25, 0.3) is 7.82 Å². The lowest BCUT2D eigenvalue weighted by molar-refractivity contribution is -0.870. The summed E-state index contributed by atoms with van der Waals surface area (Å²) in [5.41, 5.74) is 0. The van der Waals surface area contributed by atoms with Crippen molar-refractivity contribution in [2.24, 2.45) is 0 Å². The SMILES string of the molecule is CCCCCCCCCCCC/C=C/C(OC(=O)CCCCCCCCCCCCCCC)C(COP(=O)([O-])OCC[N+](C)(C)C)NC(=O)CCCCCCCCCCCCC. The molecule has 9 nitrogen and oxygen atoms in total. The van der Waals surface area contributed by atoms with Gasteiger partial charge in [-0.25, -0.2) is 0 Å². The smallest absolute Gasteiger partial charge is 0.306 e. The van der Waals surface area contributed by atoms with Crippen LogP contribution in [0.4, 0.5) is 0 Å². The number of unbranched alkanes of at least 4 members (excludes halogenated alkanes) is 32. The van der Waals surface area contributed by atoms with Crippen LogP contribution in [0.2, 0.25) is 0 Å². The largest absolute Gasteiger partial charge is 0.756 e. The van der Waals surface area contributed by atoms with Crippen LogP contribution in [0, 0.1) is 0 Å². The fourth-order valence-corrected chi connectivity index (χ4v) is 8.54. The molecule has 0 bridgehead atoms. The van der Waals surface area contributed by atoms with E-state index < -0.39 is 20.0 Å². The second-order valence-corrected chi connectivity index (χ2v) is 20.8. The summed E-state index contributed by atoms with van der Waals surface area (Å²) in [5.74, 6) is -0.530. The highest BCUT2D eigenvalue weighted by Crippen LogP contribution is 2.38. The molecule has 368 valence electrons. The first-order chi connectivity index (χ1) is 29.9. The van der Waals surface area contributed by atoms with Crippen LogP contribution < -0.4 is 10.2 Å². The molecule has 0 heterocycles. The minimum atomic E-state index is -4.68. The number of quaternary nitrogens is 1. The standard InChI is InChI=1S/C52H103N2O7P/c1-7-10-13-16-19-22-25-27-30-33-36-39-42-45-52(56)61-50(43-40-37-34-31-29-26-23-20-17-14-11-8-2)49(48-60-62(57,58)59-47-46-54(4,5)6)53-51(55)44-41-38-35-32-28-24-21-18-15-12-9-3/h40,43,49-50H,7-39,41-42,44-48H2,1-6H3,(H-,53,55,57,58)/b43-40+. The molecule has 1 amide bonds. The van der Waals surface area contributed by atoms with Crippen molar-refractivity contribution < 1.29 is 37.3 Å². The van der Waals surface area contributed by atoms with Crippen molar-refractivity contribution in [3.63, 3.8) is 0 Å². The zero-order valence-corrected chi connectivity index (χ0v) is 42.7. The molecule has 0 aliphatic rings. The van der Waals surface area contributed by atoms with Crippen molar-refractivity contribution >= 4 is 19.7 Å². The molecule has 0 aliphatic carbocycles. The molecule has 0 saturated carbocycles. The van der Waals surface area contributed by atoms with E-state index >= 15 is 0 Å². The van der Waals surface area contributed by atoms with Crippen molar-refractivity contribution in [1.82, 2.24) is 5.32 Å². The number of likely N-dealkylation sites (N-methyl/N-ethyl adjacent to an activating group) is 1. The number of hydrogen-bond acceptors (Lipinski definition) is 7. The Kier molecular flexibility index (Phi) is 42.8. The van der Waals surface area contributed by atoms with Gasteiger partial charge in [0.2, 0.25) is 5.91 Å². The molecule has 3 unspecified atom stereocenters. The maximum atomic E-state index is 13.4. The van der Waals surface area contributed by atoms with Gasteiger partial charge < -0.3 is 28.5 Å². The molecule has 0 radical (unpaired) electrons. The molecule has 3 atom stereocenters. The number of esters is 1. The highest BCUT2D eigenvalue weighted by Gasteiger charge is 2.27. The summed E-state index contributed by atoms with van der Waals surface area (Å²) in [6.45, 7) is 6.84. The van der Waals surface area contributed by atoms with Crippen LogP contribution in [0.5, 0.6) is 0 Å². The number of nitrogens with one attached hydrogen (secondary N) is 1. The van der Waals surface area contributed by atoms with E-state index in [2.05, 4.69) is 26.1 Å². The summed E-state index contributed by atoms with van der Waals surface area (Å²) in [7, 11) is 1.20. The van der Waals surface area contributed by atoms with Gasteiger partial charge in [0.05, 0.1) is 33.8 Å². The summed E-state index contributed by atoms with van der Waals surface area (Å²) in [6, 6.07) is -0.876. The molecule has 1 N–H and O–H groups in total. The number of phosphoric ester groups is 1. The second-order valence-electron chi connectivity index (χ2n) is 19.4. The fourth-order valence-electron chi connectivity index (χ4n) is 7.82. The first kappa shape index (κ1) is 60.8. The number of ether oxygens (including phenoxy) is 1. The van der Waals surface area contributed by atoms with E-state index in [-0.39, 0.29) is 31.5 Å². The molecule has 0 spiro atoms. The monoisotopic (exact) mass is 899 g/mol. The number of phosphoric acid groups is 1. The van der Waals surface area contributed by atoms with Gasteiger partial charge >= 0.3 is 5.97 Å². The van der Waals surface area contributed by atoms with Gasteiger partial charge in [0.1, 0.15) is 19.3 Å². The number of rotatable bonds is 48. The fraction of sp³-hybridized carbons (Fsp3) is 0.923. The van der Waals surface area contributed by atoms with E-state index in [1.165, 1.54) is 167 Å². The Labute approximate surface area is 384 Å². The lowest BCUT2D eigenvalue weighted by Gasteiger charge is -2.30. The Morgan fingerprint density at radius 2 is 0.919 bits per heavy atom. The molecule has 0 aromatic rings. The third-order valence-corrected chi connectivity index (χ3v) is 12.9. The molecule has 62 heavy (non-hydrogen) atoms. The molecule has 10 heteroatoms. The summed E-state index contributed by atoms with van der Waals surface area (Å²) in [6.07, 6.45) is 45.9. The van der Waals surface area contributed by atoms with E-state index in [9.17, 15) is 19.0 Å². The Bertz CT molecular complexity index is 1080. The van der Waals surface area contributed by atoms with Gasteiger partial charge in [-0.15, -0.1) is 0 Å². The van der Waals surface area contributed by atoms with E-state index in [0.717, 1.165) is 57.8 Å². The lowest BCUT2D eigenvalue weighted by atomic mass is 10.0. The number of hydrogen-bond donors (Lipinski definition) is 1. The van der Waals surface area contributed by atoms with Crippen LogP contribution in [0.15, 0.2) is 12.2 Å². The molecule has 0 rings (SSSR count). The van der Waals surface area contributed by atoms with Crippen LogP contribution >= 0.6 is 7.82 Å². The Morgan fingerprint density at radius 3 is 1.32 bits per heavy atom. The van der Waals surface area contributed by atoms with Gasteiger partial charge in [-0.2, -0.15) is 0 Å². The van der Waals surface area contributed by atoms with E-state index in [4.69, 9.17) is 13.8 Å². The number of carbonyl (C=O) groups excluding carboxylic acids is 2. The van der Waals surface area contributed by atoms with Gasteiger partial charge in [0, 0.05) is 12.8 Å². The highest BCUT2D eigenvalue weighted by atomic mass is 31.2. The normalized spacial score (nSPS) is 14.0. The van der Waals surface area contributed by atoms with Gasteiger partial charge in [-0.1, -0.05) is 226 Å². The second kappa shape index (κ2) is 43.6. The van der Waals surface area contributed by atoms with Gasteiger partial charge in [-0.3, -0.25) is 14.2 Å². The molecule has 0 aromatic carbocycles. The molecule has 0 fully saturated rings. The molecule has 0 saturated heterocycles. The van der Waals surface area contributed by atoms with Gasteiger partial charge in [0.15, 0.2) is 0 Å². The predicted octanol–water partition coefficient (Wildman–Crippen LogP) is 14.6. The van der Waals surface area contributed by atoms with Crippen molar-refractivity contribution in [3.8, 4) is 0 Å². The number of carbonyl (C=O) groups is 2. The summed E-state index contributed by atoms with van der Waals surface area (Å²) in [5, 5.41) is 3.01. The Morgan fingerprint density at radius 1 is 0.548 bits per heavy atom. The van der Waals surface area contributed by atoms with Crippen molar-refractivity contribution in [2.75, 3.05) is 40.9 Å². The quantitative estimate of drug-likeness (QED) is 0.0213. The van der Waals surface area contributed by atoms with E-state index in [0.29, 0.717) is 17.4 Å². The molecule has 0 aromatic heterocycles. The molecular weight excluding hydrogens is 796 g/mol. The highest BCUT2D eigenvalue weighted by molar-refractivity contribution is 7.45. The minimum Gasteiger partial charge on any atom is -0.756 e. The van der Waals surface area contributed by atoms with Crippen molar-refractivity contribution in [3.05, 3.63) is 12.2 Å². The zero-order valence-electron chi connectivity index (χ0n) is 41.8. The summed E-state index contributed by atoms with van der Waals surface area (Å²) < 4.78 is 30.1. The van der Waals surface area contributed by atoms with Crippen LogP contribution in [0.25, 0.3) is 0 Å². The zero-order chi connectivity index (χ0) is 45.8. The molecular formula is C52H103N2O7P. The number of amides is 1. The predicted molar refractivity (Wildman–Crippen MR) is 261 cm³/mol. The van der Waals surface area contributed by atoms with Gasteiger partial charge in [-0.05, 0) is 31.8 Å². The van der Waals surface area contributed by atoms with Crippen LogP contribution in [0.3, 0.4) is 0 Å².